The van der Waals surface area contributed by atoms with E-state index in [4.69, 9.17) is 0 Å². The summed E-state index contributed by atoms with van der Waals surface area (Å²) in [5.74, 6) is 0. The van der Waals surface area contributed by atoms with Gasteiger partial charge in [-0.05, 0) is 116 Å². The molecule has 11 rings (SSSR count). The average Bonchev–Trinajstić information content (AvgIpc) is 3.81. The van der Waals surface area contributed by atoms with E-state index in [9.17, 15) is 0 Å². The summed E-state index contributed by atoms with van der Waals surface area (Å²) in [6.07, 6.45) is 0. The molecule has 0 aliphatic heterocycles. The Morgan fingerprint density at radius 1 is 0.316 bits per heavy atom. The first-order valence-electron chi connectivity index (χ1n) is 19.6. The van der Waals surface area contributed by atoms with Gasteiger partial charge in [-0.3, -0.25) is 0 Å². The van der Waals surface area contributed by atoms with Crippen LogP contribution in [0.2, 0.25) is 0 Å². The third-order valence-electron chi connectivity index (χ3n) is 11.7. The third kappa shape index (κ3) is 5.44. The van der Waals surface area contributed by atoms with Gasteiger partial charge in [0.2, 0.25) is 0 Å². The molecule has 0 amide bonds. The highest BCUT2D eigenvalue weighted by molar-refractivity contribution is 7.25. The smallest absolute Gasteiger partial charge is 0.0713 e. The summed E-state index contributed by atoms with van der Waals surface area (Å²) < 4.78 is 2.59. The van der Waals surface area contributed by atoms with Crippen molar-refractivity contribution >= 4 is 48.6 Å². The minimum atomic E-state index is -0.414. The normalized spacial score (nSPS) is 12.7. The summed E-state index contributed by atoms with van der Waals surface area (Å²) in [6, 6.07) is 82.3. The monoisotopic (exact) mass is 743 g/mol. The summed E-state index contributed by atoms with van der Waals surface area (Å²) in [4.78, 5) is 2.34. The number of rotatable bonds is 7. The first-order chi connectivity index (χ1) is 28.3. The van der Waals surface area contributed by atoms with Gasteiger partial charge in [-0.15, -0.1) is 11.3 Å². The van der Waals surface area contributed by atoms with E-state index in [1.807, 2.05) is 11.3 Å². The van der Waals surface area contributed by atoms with E-state index in [1.54, 1.807) is 0 Å². The van der Waals surface area contributed by atoms with Crippen LogP contribution in [0.3, 0.4) is 0 Å². The highest BCUT2D eigenvalue weighted by atomic mass is 32.1. The molecular formula is C55H37NS. The predicted octanol–water partition coefficient (Wildman–Crippen LogP) is 15.2. The topological polar surface area (TPSA) is 3.24 Å². The van der Waals surface area contributed by atoms with E-state index in [2.05, 4.69) is 229 Å². The lowest BCUT2D eigenvalue weighted by Crippen LogP contribution is -2.28. The Morgan fingerprint density at radius 3 is 1.39 bits per heavy atom. The van der Waals surface area contributed by atoms with Crippen molar-refractivity contribution in [2.75, 3.05) is 4.90 Å². The van der Waals surface area contributed by atoms with Gasteiger partial charge in [-0.25, -0.2) is 0 Å². The minimum Gasteiger partial charge on any atom is -0.310 e. The Hall–Kier alpha value is -7.00. The molecule has 1 aliphatic rings. The van der Waals surface area contributed by atoms with Crippen LogP contribution in [0.15, 0.2) is 224 Å². The zero-order valence-electron chi connectivity index (χ0n) is 31.2. The van der Waals surface area contributed by atoms with Crippen molar-refractivity contribution in [2.24, 2.45) is 0 Å². The molecule has 0 fully saturated rings. The van der Waals surface area contributed by atoms with Crippen LogP contribution in [-0.4, -0.2) is 0 Å². The second-order valence-corrected chi connectivity index (χ2v) is 15.9. The van der Waals surface area contributed by atoms with Gasteiger partial charge in [0.05, 0.1) is 5.41 Å². The van der Waals surface area contributed by atoms with E-state index in [-0.39, 0.29) is 0 Å². The van der Waals surface area contributed by atoms with Gasteiger partial charge in [0.15, 0.2) is 0 Å². The highest BCUT2D eigenvalue weighted by Gasteiger charge is 2.46. The molecule has 9 aromatic carbocycles. The molecule has 1 nitrogen and oxygen atoms in total. The van der Waals surface area contributed by atoms with Crippen molar-refractivity contribution in [1.29, 1.82) is 0 Å². The lowest BCUT2D eigenvalue weighted by Gasteiger charge is -2.34. The highest BCUT2D eigenvalue weighted by Crippen LogP contribution is 2.56. The van der Waals surface area contributed by atoms with Crippen LogP contribution >= 0.6 is 11.3 Å². The quantitative estimate of drug-likeness (QED) is 0.157. The van der Waals surface area contributed by atoms with Crippen LogP contribution in [0.1, 0.15) is 22.3 Å². The fourth-order valence-electron chi connectivity index (χ4n) is 9.16. The van der Waals surface area contributed by atoms with Crippen LogP contribution in [0.25, 0.3) is 53.6 Å². The molecule has 10 aromatic rings. The molecule has 2 heteroatoms. The van der Waals surface area contributed by atoms with E-state index < -0.39 is 5.41 Å². The molecule has 0 spiro atoms. The molecular weight excluding hydrogens is 707 g/mol. The van der Waals surface area contributed by atoms with Crippen LogP contribution in [0, 0.1) is 0 Å². The lowest BCUT2D eigenvalue weighted by atomic mass is 9.67. The van der Waals surface area contributed by atoms with E-state index in [1.165, 1.54) is 75.8 Å². The lowest BCUT2D eigenvalue weighted by molar-refractivity contribution is 0.769. The Labute approximate surface area is 337 Å². The van der Waals surface area contributed by atoms with Crippen molar-refractivity contribution in [3.8, 4) is 33.4 Å². The maximum atomic E-state index is 2.44. The van der Waals surface area contributed by atoms with Gasteiger partial charge in [0, 0.05) is 37.2 Å². The van der Waals surface area contributed by atoms with Gasteiger partial charge in [0.1, 0.15) is 0 Å². The maximum absolute atomic E-state index is 2.44. The number of para-hydroxylation sites is 2. The first-order valence-corrected chi connectivity index (χ1v) is 20.4. The first kappa shape index (κ1) is 33.3. The average molecular weight is 744 g/mol. The molecule has 0 saturated carbocycles. The number of benzene rings is 9. The van der Waals surface area contributed by atoms with E-state index in [0.29, 0.717) is 0 Å². The number of nitrogens with zero attached hydrogens (tertiary/aromatic N) is 1. The second-order valence-electron chi connectivity index (χ2n) is 14.9. The van der Waals surface area contributed by atoms with Crippen LogP contribution in [0.4, 0.5) is 17.1 Å². The molecule has 0 saturated heterocycles. The number of fused-ring (bicyclic) bond motifs is 6. The second kappa shape index (κ2) is 13.6. The maximum Gasteiger partial charge on any atom is 0.0713 e. The van der Waals surface area contributed by atoms with Crippen molar-refractivity contribution in [2.45, 2.75) is 5.41 Å². The number of hydrogen-bond acceptors (Lipinski definition) is 2. The van der Waals surface area contributed by atoms with Gasteiger partial charge < -0.3 is 4.90 Å². The van der Waals surface area contributed by atoms with Crippen molar-refractivity contribution < 1.29 is 0 Å². The Kier molecular flexibility index (Phi) is 7.98. The Balaban J connectivity index is 0.985. The Bertz CT molecular complexity index is 2960. The van der Waals surface area contributed by atoms with Gasteiger partial charge >= 0.3 is 0 Å². The van der Waals surface area contributed by atoms with E-state index in [0.717, 1.165) is 17.1 Å². The van der Waals surface area contributed by atoms with Gasteiger partial charge in [0.25, 0.3) is 0 Å². The molecule has 0 bridgehead atoms. The zero-order valence-corrected chi connectivity index (χ0v) is 32.0. The molecule has 268 valence electrons. The summed E-state index contributed by atoms with van der Waals surface area (Å²) in [5.41, 5.74) is 15.7. The summed E-state index contributed by atoms with van der Waals surface area (Å²) in [7, 11) is 0. The summed E-state index contributed by atoms with van der Waals surface area (Å²) in [6.45, 7) is 0. The molecule has 0 atom stereocenters. The zero-order chi connectivity index (χ0) is 37.8. The fourth-order valence-corrected chi connectivity index (χ4v) is 10.2. The van der Waals surface area contributed by atoms with Gasteiger partial charge in [-0.1, -0.05) is 164 Å². The fraction of sp³-hybridized carbons (Fsp3) is 0.0182. The summed E-state index contributed by atoms with van der Waals surface area (Å²) >= 11 is 1.86. The molecule has 0 radical (unpaired) electrons. The van der Waals surface area contributed by atoms with Crippen LogP contribution in [-0.2, 0) is 5.41 Å². The molecule has 1 heterocycles. The van der Waals surface area contributed by atoms with Crippen molar-refractivity contribution in [3.63, 3.8) is 0 Å². The molecule has 1 aliphatic carbocycles. The van der Waals surface area contributed by atoms with Crippen molar-refractivity contribution in [1.82, 2.24) is 0 Å². The van der Waals surface area contributed by atoms with E-state index >= 15 is 0 Å². The molecule has 0 unspecified atom stereocenters. The predicted molar refractivity (Wildman–Crippen MR) is 242 cm³/mol. The standard InChI is InChI=1S/C55H37NS/c1-5-15-42(16-6-1)55(43-17-7-2-8-18-43)51-24-14-13-23-47(51)48-32-29-41(36-52(48)55)39-27-25-38(26-28-39)40-30-33-53-49(35-40)50-37-46(31-34-54(50)57-53)56(44-19-9-3-10-20-44)45-21-11-4-12-22-45/h1-37H. The van der Waals surface area contributed by atoms with Crippen molar-refractivity contribution in [3.05, 3.63) is 247 Å². The van der Waals surface area contributed by atoms with Gasteiger partial charge in [-0.2, -0.15) is 0 Å². The number of anilines is 3. The van der Waals surface area contributed by atoms with Crippen LogP contribution in [0.5, 0.6) is 0 Å². The summed E-state index contributed by atoms with van der Waals surface area (Å²) in [5, 5.41) is 2.57. The largest absolute Gasteiger partial charge is 0.310 e. The Morgan fingerprint density at radius 2 is 0.772 bits per heavy atom. The van der Waals surface area contributed by atoms with Crippen LogP contribution < -0.4 is 4.90 Å². The molecule has 1 aromatic heterocycles. The minimum absolute atomic E-state index is 0.414. The third-order valence-corrected chi connectivity index (χ3v) is 12.9. The SMILES string of the molecule is c1ccc(N(c2ccccc2)c2ccc3sc4ccc(-c5ccc(-c6ccc7c(c6)C(c6ccccc6)(c6ccccc6)c6ccccc6-7)cc5)cc4c3c2)cc1. The molecule has 57 heavy (non-hydrogen) atoms. The number of hydrogen-bond donors (Lipinski definition) is 0. The molecule has 0 N–H and O–H groups in total. The number of thiophene rings is 1.